The molecule has 2 nitrogen and oxygen atoms in total. The van der Waals surface area contributed by atoms with E-state index in [2.05, 4.69) is 45.4 Å². The Morgan fingerprint density at radius 1 is 1.33 bits per heavy atom. The van der Waals surface area contributed by atoms with Gasteiger partial charge >= 0.3 is 0 Å². The monoisotopic (exact) mass is 288 g/mol. The minimum atomic E-state index is 0.430. The molecule has 2 rings (SSSR count). The number of hydrazine groups is 1. The van der Waals surface area contributed by atoms with Gasteiger partial charge in [0.15, 0.2) is 0 Å². The number of rotatable bonds is 3. The lowest BCUT2D eigenvalue weighted by Crippen LogP contribution is -2.42. The van der Waals surface area contributed by atoms with Crippen LogP contribution >= 0.6 is 27.3 Å². The predicted octanol–water partition coefficient (Wildman–Crippen LogP) is 3.56. The van der Waals surface area contributed by atoms with E-state index >= 15 is 0 Å². The lowest BCUT2D eigenvalue weighted by atomic mass is 10.2. The van der Waals surface area contributed by atoms with Crippen LogP contribution in [-0.2, 0) is 0 Å². The van der Waals surface area contributed by atoms with Gasteiger partial charge in [-0.25, -0.2) is 10.4 Å². The zero-order valence-electron chi connectivity index (χ0n) is 9.00. The molecule has 0 amide bonds. The molecule has 1 aliphatic rings. The summed E-state index contributed by atoms with van der Waals surface area (Å²) in [5, 5.41) is 2.36. The molecule has 2 heterocycles. The molecule has 1 unspecified atom stereocenters. The summed E-state index contributed by atoms with van der Waals surface area (Å²) in [6.45, 7) is 4.61. The van der Waals surface area contributed by atoms with Crippen LogP contribution in [-0.4, -0.2) is 18.1 Å². The van der Waals surface area contributed by atoms with Crippen molar-refractivity contribution in [1.82, 2.24) is 10.4 Å². The second kappa shape index (κ2) is 5.43. The predicted molar refractivity (Wildman–Crippen MR) is 69.0 cm³/mol. The molecule has 0 bridgehead atoms. The Hall–Kier alpha value is 0.1000. The van der Waals surface area contributed by atoms with Gasteiger partial charge in [0.2, 0.25) is 0 Å². The molecule has 1 aromatic heterocycles. The molecule has 0 radical (unpaired) electrons. The average Bonchev–Trinajstić information content (AvgIpc) is 2.66. The fourth-order valence-electron chi connectivity index (χ4n) is 1.92. The lowest BCUT2D eigenvalue weighted by Gasteiger charge is -2.29. The SMILES string of the molecule is CC(NN1CCCCC1)c1ccc(Br)s1. The number of halogens is 1. The first kappa shape index (κ1) is 11.6. The molecule has 0 aliphatic carbocycles. The highest BCUT2D eigenvalue weighted by molar-refractivity contribution is 9.11. The van der Waals surface area contributed by atoms with E-state index in [1.54, 1.807) is 0 Å². The van der Waals surface area contributed by atoms with Crippen molar-refractivity contribution in [3.63, 3.8) is 0 Å². The van der Waals surface area contributed by atoms with Gasteiger partial charge in [-0.1, -0.05) is 6.42 Å². The van der Waals surface area contributed by atoms with Crippen molar-refractivity contribution < 1.29 is 0 Å². The molecule has 4 heteroatoms. The molecule has 1 N–H and O–H groups in total. The first-order chi connectivity index (χ1) is 7.25. The Bertz CT molecular complexity index is 307. The number of hydrogen-bond acceptors (Lipinski definition) is 3. The Morgan fingerprint density at radius 2 is 2.07 bits per heavy atom. The summed E-state index contributed by atoms with van der Waals surface area (Å²) in [6, 6.07) is 4.74. The summed E-state index contributed by atoms with van der Waals surface area (Å²) < 4.78 is 1.21. The quantitative estimate of drug-likeness (QED) is 0.915. The minimum Gasteiger partial charge on any atom is -0.247 e. The summed E-state index contributed by atoms with van der Waals surface area (Å²) >= 11 is 5.31. The molecule has 0 aromatic carbocycles. The number of nitrogens with one attached hydrogen (secondary N) is 1. The smallest absolute Gasteiger partial charge is 0.0701 e. The van der Waals surface area contributed by atoms with Crippen LogP contribution in [0.1, 0.15) is 37.1 Å². The van der Waals surface area contributed by atoms with Gasteiger partial charge in [0.05, 0.1) is 9.83 Å². The van der Waals surface area contributed by atoms with E-state index < -0.39 is 0 Å². The topological polar surface area (TPSA) is 15.3 Å². The van der Waals surface area contributed by atoms with Crippen LogP contribution in [0.5, 0.6) is 0 Å². The average molecular weight is 289 g/mol. The van der Waals surface area contributed by atoms with Crippen molar-refractivity contribution in [1.29, 1.82) is 0 Å². The Morgan fingerprint density at radius 3 is 2.67 bits per heavy atom. The highest BCUT2D eigenvalue weighted by Crippen LogP contribution is 2.27. The maximum atomic E-state index is 3.57. The van der Waals surface area contributed by atoms with Crippen LogP contribution in [0.2, 0.25) is 0 Å². The molecule has 1 aromatic rings. The van der Waals surface area contributed by atoms with Gasteiger partial charge in [0.25, 0.3) is 0 Å². The van der Waals surface area contributed by atoms with Gasteiger partial charge in [-0.15, -0.1) is 11.3 Å². The first-order valence-electron chi connectivity index (χ1n) is 5.52. The van der Waals surface area contributed by atoms with Gasteiger partial charge in [0, 0.05) is 18.0 Å². The van der Waals surface area contributed by atoms with Gasteiger partial charge < -0.3 is 0 Å². The molecule has 0 saturated carbocycles. The molecule has 1 saturated heterocycles. The van der Waals surface area contributed by atoms with Crippen molar-refractivity contribution >= 4 is 27.3 Å². The van der Waals surface area contributed by atoms with Crippen molar-refractivity contribution in [3.05, 3.63) is 20.8 Å². The second-order valence-electron chi connectivity index (χ2n) is 4.04. The third-order valence-corrected chi connectivity index (χ3v) is 4.56. The maximum absolute atomic E-state index is 3.57. The molecule has 1 aliphatic heterocycles. The number of piperidine rings is 1. The van der Waals surface area contributed by atoms with Crippen LogP contribution in [0.4, 0.5) is 0 Å². The van der Waals surface area contributed by atoms with Gasteiger partial charge in [-0.05, 0) is 47.8 Å². The van der Waals surface area contributed by atoms with E-state index in [0.29, 0.717) is 6.04 Å². The molecular weight excluding hydrogens is 272 g/mol. The summed E-state index contributed by atoms with van der Waals surface area (Å²) in [7, 11) is 0. The van der Waals surface area contributed by atoms with Gasteiger partial charge in [-0.3, -0.25) is 0 Å². The Labute approximate surface area is 104 Å². The highest BCUT2D eigenvalue weighted by Gasteiger charge is 2.14. The summed E-state index contributed by atoms with van der Waals surface area (Å²) in [6.07, 6.45) is 4.04. The zero-order chi connectivity index (χ0) is 10.7. The maximum Gasteiger partial charge on any atom is 0.0701 e. The lowest BCUT2D eigenvalue weighted by molar-refractivity contribution is 0.134. The van der Waals surface area contributed by atoms with Crippen LogP contribution in [0.25, 0.3) is 0 Å². The van der Waals surface area contributed by atoms with Crippen LogP contribution in [0.15, 0.2) is 15.9 Å². The molecule has 84 valence electrons. The number of thiophene rings is 1. The molecular formula is C11H17BrN2S. The Balaban J connectivity index is 1.88. The van der Waals surface area contributed by atoms with E-state index in [1.807, 2.05) is 11.3 Å². The third kappa shape index (κ3) is 3.28. The standard InChI is InChI=1S/C11H17BrN2S/c1-9(10-5-6-11(12)15-10)13-14-7-3-2-4-8-14/h5-6,9,13H,2-4,7-8H2,1H3. The van der Waals surface area contributed by atoms with Crippen molar-refractivity contribution in [2.45, 2.75) is 32.2 Å². The van der Waals surface area contributed by atoms with Crippen LogP contribution in [0.3, 0.4) is 0 Å². The molecule has 1 atom stereocenters. The number of nitrogens with zero attached hydrogens (tertiary/aromatic N) is 1. The summed E-state index contributed by atoms with van der Waals surface area (Å²) in [5.74, 6) is 0. The fourth-order valence-corrected chi connectivity index (χ4v) is 3.34. The van der Waals surface area contributed by atoms with Crippen LogP contribution < -0.4 is 5.43 Å². The zero-order valence-corrected chi connectivity index (χ0v) is 11.4. The van der Waals surface area contributed by atoms with E-state index in [9.17, 15) is 0 Å². The molecule has 1 fully saturated rings. The highest BCUT2D eigenvalue weighted by atomic mass is 79.9. The van der Waals surface area contributed by atoms with E-state index in [0.717, 1.165) is 0 Å². The minimum absolute atomic E-state index is 0.430. The summed E-state index contributed by atoms with van der Waals surface area (Å²) in [5.41, 5.74) is 3.57. The van der Waals surface area contributed by atoms with E-state index in [1.165, 1.54) is 41.0 Å². The fraction of sp³-hybridized carbons (Fsp3) is 0.636. The van der Waals surface area contributed by atoms with Crippen molar-refractivity contribution in [3.8, 4) is 0 Å². The normalized spacial score (nSPS) is 20.4. The van der Waals surface area contributed by atoms with Crippen molar-refractivity contribution in [2.24, 2.45) is 0 Å². The third-order valence-electron chi connectivity index (χ3n) is 2.75. The number of hydrogen-bond donors (Lipinski definition) is 1. The summed E-state index contributed by atoms with van der Waals surface area (Å²) in [4.78, 5) is 1.40. The first-order valence-corrected chi connectivity index (χ1v) is 7.13. The van der Waals surface area contributed by atoms with Crippen LogP contribution in [0, 0.1) is 0 Å². The second-order valence-corrected chi connectivity index (χ2v) is 6.53. The Kier molecular flexibility index (Phi) is 4.20. The molecule has 0 spiro atoms. The van der Waals surface area contributed by atoms with Gasteiger partial charge in [-0.2, -0.15) is 0 Å². The molecule has 15 heavy (non-hydrogen) atoms. The largest absolute Gasteiger partial charge is 0.247 e. The van der Waals surface area contributed by atoms with Crippen molar-refractivity contribution in [2.75, 3.05) is 13.1 Å². The van der Waals surface area contributed by atoms with E-state index in [4.69, 9.17) is 0 Å². The van der Waals surface area contributed by atoms with Gasteiger partial charge in [0.1, 0.15) is 0 Å². The van der Waals surface area contributed by atoms with E-state index in [-0.39, 0.29) is 0 Å².